The maximum Gasteiger partial charge on any atom is 0.0652 e. The summed E-state index contributed by atoms with van der Waals surface area (Å²) in [5, 5.41) is 12.8. The first-order chi connectivity index (χ1) is 9.38. The van der Waals surface area contributed by atoms with Crippen LogP contribution in [0.15, 0.2) is 59.8 Å². The summed E-state index contributed by atoms with van der Waals surface area (Å²) < 4.78 is 0. The van der Waals surface area contributed by atoms with Gasteiger partial charge in [-0.2, -0.15) is 0 Å². The summed E-state index contributed by atoms with van der Waals surface area (Å²) in [6.45, 7) is 0. The molecular weight excluding hydrogens is 234 g/mol. The first-order valence-electron chi connectivity index (χ1n) is 6.71. The van der Waals surface area contributed by atoms with E-state index >= 15 is 0 Å². The first-order valence-corrected chi connectivity index (χ1v) is 6.71. The number of oxime groups is 1. The smallest absolute Gasteiger partial charge is 0.0652 e. The zero-order valence-corrected chi connectivity index (χ0v) is 10.8. The average molecular weight is 251 g/mol. The summed E-state index contributed by atoms with van der Waals surface area (Å²) >= 11 is 0. The highest BCUT2D eigenvalue weighted by Crippen LogP contribution is 2.32. The van der Waals surface area contributed by atoms with E-state index in [2.05, 4.69) is 53.7 Å². The molecule has 2 nitrogen and oxygen atoms in total. The van der Waals surface area contributed by atoms with Gasteiger partial charge in [0.25, 0.3) is 0 Å². The summed E-state index contributed by atoms with van der Waals surface area (Å²) in [6, 6.07) is 18.9. The van der Waals surface area contributed by atoms with Crippen LogP contribution in [0.5, 0.6) is 0 Å². The van der Waals surface area contributed by atoms with Crippen molar-refractivity contribution < 1.29 is 5.21 Å². The molecule has 1 unspecified atom stereocenters. The highest BCUT2D eigenvalue weighted by atomic mass is 16.4. The average Bonchev–Trinajstić information content (AvgIpc) is 2.49. The molecule has 0 saturated heterocycles. The molecule has 19 heavy (non-hydrogen) atoms. The van der Waals surface area contributed by atoms with Crippen molar-refractivity contribution in [1.29, 1.82) is 0 Å². The van der Waals surface area contributed by atoms with Crippen LogP contribution in [0.2, 0.25) is 0 Å². The van der Waals surface area contributed by atoms with Crippen LogP contribution in [0.4, 0.5) is 0 Å². The van der Waals surface area contributed by atoms with E-state index in [0.717, 1.165) is 25.0 Å². The predicted molar refractivity (Wildman–Crippen MR) is 76.9 cm³/mol. The standard InChI is InChI=1S/C17H17NO/c19-18-17-11-10-14-8-4-5-9-15(14)16(17)12-13-6-2-1-3-7-13/h1-9,16,19H,10-12H2/b18-17-. The summed E-state index contributed by atoms with van der Waals surface area (Å²) in [4.78, 5) is 0. The van der Waals surface area contributed by atoms with Crippen molar-refractivity contribution in [2.75, 3.05) is 0 Å². The van der Waals surface area contributed by atoms with Gasteiger partial charge < -0.3 is 5.21 Å². The Kier molecular flexibility index (Phi) is 3.32. The largest absolute Gasteiger partial charge is 0.411 e. The lowest BCUT2D eigenvalue weighted by atomic mass is 9.78. The highest BCUT2D eigenvalue weighted by molar-refractivity contribution is 5.92. The molecule has 96 valence electrons. The van der Waals surface area contributed by atoms with E-state index in [0.29, 0.717) is 0 Å². The summed E-state index contributed by atoms with van der Waals surface area (Å²) in [6.07, 6.45) is 2.73. The van der Waals surface area contributed by atoms with E-state index < -0.39 is 0 Å². The van der Waals surface area contributed by atoms with Gasteiger partial charge in [-0.05, 0) is 36.0 Å². The second-order valence-electron chi connectivity index (χ2n) is 5.03. The minimum Gasteiger partial charge on any atom is -0.411 e. The Morgan fingerprint density at radius 1 is 0.947 bits per heavy atom. The normalized spacial score (nSPS) is 20.2. The molecule has 0 aromatic heterocycles. The molecule has 1 atom stereocenters. The molecule has 0 bridgehead atoms. The van der Waals surface area contributed by atoms with E-state index in [4.69, 9.17) is 0 Å². The summed E-state index contributed by atoms with van der Waals surface area (Å²) in [5.41, 5.74) is 4.88. The van der Waals surface area contributed by atoms with Gasteiger partial charge in [0.2, 0.25) is 0 Å². The van der Waals surface area contributed by atoms with Crippen molar-refractivity contribution >= 4 is 5.71 Å². The lowest BCUT2D eigenvalue weighted by Crippen LogP contribution is -2.22. The monoisotopic (exact) mass is 251 g/mol. The van der Waals surface area contributed by atoms with Crippen molar-refractivity contribution in [1.82, 2.24) is 0 Å². The van der Waals surface area contributed by atoms with Gasteiger partial charge in [0.15, 0.2) is 0 Å². The number of aryl methyl sites for hydroxylation is 1. The Labute approximate surface area is 113 Å². The number of nitrogens with zero attached hydrogens (tertiary/aromatic N) is 1. The lowest BCUT2D eigenvalue weighted by Gasteiger charge is -2.26. The van der Waals surface area contributed by atoms with Gasteiger partial charge in [-0.25, -0.2) is 0 Å². The Balaban J connectivity index is 1.97. The number of hydrogen-bond donors (Lipinski definition) is 1. The van der Waals surface area contributed by atoms with Crippen molar-refractivity contribution in [3.63, 3.8) is 0 Å². The van der Waals surface area contributed by atoms with Crippen LogP contribution in [0.25, 0.3) is 0 Å². The lowest BCUT2D eigenvalue weighted by molar-refractivity contribution is 0.314. The quantitative estimate of drug-likeness (QED) is 0.639. The Morgan fingerprint density at radius 3 is 2.47 bits per heavy atom. The Hall–Kier alpha value is -2.09. The molecule has 1 aliphatic rings. The van der Waals surface area contributed by atoms with Gasteiger partial charge in [-0.1, -0.05) is 59.8 Å². The minimum absolute atomic E-state index is 0.206. The third-order valence-corrected chi connectivity index (χ3v) is 3.89. The molecule has 0 amide bonds. The third-order valence-electron chi connectivity index (χ3n) is 3.89. The number of hydrogen-bond acceptors (Lipinski definition) is 2. The molecule has 3 rings (SSSR count). The first kappa shape index (κ1) is 12.0. The Bertz CT molecular complexity index is 589. The third kappa shape index (κ3) is 2.39. The van der Waals surface area contributed by atoms with E-state index in [-0.39, 0.29) is 5.92 Å². The molecule has 1 aliphatic carbocycles. The molecule has 0 spiro atoms. The molecule has 1 N–H and O–H groups in total. The van der Waals surface area contributed by atoms with Gasteiger partial charge in [0.05, 0.1) is 5.71 Å². The number of benzene rings is 2. The molecular formula is C17H17NO. The molecule has 2 aromatic rings. The van der Waals surface area contributed by atoms with Gasteiger partial charge >= 0.3 is 0 Å². The zero-order chi connectivity index (χ0) is 13.1. The number of fused-ring (bicyclic) bond motifs is 1. The predicted octanol–water partition coefficient (Wildman–Crippen LogP) is 3.79. The molecule has 0 radical (unpaired) electrons. The Morgan fingerprint density at radius 2 is 1.68 bits per heavy atom. The van der Waals surface area contributed by atoms with Crippen molar-refractivity contribution in [2.24, 2.45) is 5.16 Å². The van der Waals surface area contributed by atoms with E-state index in [1.54, 1.807) is 0 Å². The van der Waals surface area contributed by atoms with Gasteiger partial charge in [0, 0.05) is 5.92 Å². The molecule has 2 aromatic carbocycles. The van der Waals surface area contributed by atoms with Gasteiger partial charge in [-0.15, -0.1) is 0 Å². The van der Waals surface area contributed by atoms with Crippen LogP contribution in [-0.4, -0.2) is 10.9 Å². The van der Waals surface area contributed by atoms with Gasteiger partial charge in [0.1, 0.15) is 0 Å². The minimum atomic E-state index is 0.206. The van der Waals surface area contributed by atoms with Crippen LogP contribution in [-0.2, 0) is 12.8 Å². The van der Waals surface area contributed by atoms with Crippen LogP contribution >= 0.6 is 0 Å². The van der Waals surface area contributed by atoms with Crippen molar-refractivity contribution in [3.05, 3.63) is 71.3 Å². The van der Waals surface area contributed by atoms with E-state index in [1.807, 2.05) is 6.07 Å². The van der Waals surface area contributed by atoms with Crippen molar-refractivity contribution in [3.8, 4) is 0 Å². The second kappa shape index (κ2) is 5.27. The van der Waals surface area contributed by atoms with Crippen LogP contribution in [0.1, 0.15) is 29.0 Å². The molecule has 0 saturated carbocycles. The fourth-order valence-corrected chi connectivity index (χ4v) is 2.92. The van der Waals surface area contributed by atoms with Gasteiger partial charge in [-0.3, -0.25) is 0 Å². The second-order valence-corrected chi connectivity index (χ2v) is 5.03. The molecule has 2 heteroatoms. The van der Waals surface area contributed by atoms with E-state index in [1.165, 1.54) is 16.7 Å². The maximum absolute atomic E-state index is 9.25. The van der Waals surface area contributed by atoms with E-state index in [9.17, 15) is 5.21 Å². The number of rotatable bonds is 2. The van der Waals surface area contributed by atoms with Crippen LogP contribution < -0.4 is 0 Å². The molecule has 0 fully saturated rings. The highest BCUT2D eigenvalue weighted by Gasteiger charge is 2.26. The van der Waals surface area contributed by atoms with Crippen LogP contribution in [0.3, 0.4) is 0 Å². The molecule has 0 aliphatic heterocycles. The summed E-state index contributed by atoms with van der Waals surface area (Å²) in [7, 11) is 0. The topological polar surface area (TPSA) is 32.6 Å². The summed E-state index contributed by atoms with van der Waals surface area (Å²) in [5.74, 6) is 0.206. The SMILES string of the molecule is O/N=C1/CCc2ccccc2C1Cc1ccccc1. The zero-order valence-electron chi connectivity index (χ0n) is 10.8. The van der Waals surface area contributed by atoms with Crippen LogP contribution in [0, 0.1) is 0 Å². The fraction of sp³-hybridized carbons (Fsp3) is 0.235. The fourth-order valence-electron chi connectivity index (χ4n) is 2.92. The van der Waals surface area contributed by atoms with Crippen molar-refractivity contribution in [2.45, 2.75) is 25.2 Å². The molecule has 0 heterocycles. The maximum atomic E-state index is 9.25.